The second kappa shape index (κ2) is 8.75. The number of ether oxygens (including phenoxy) is 2. The Morgan fingerprint density at radius 3 is 2.55 bits per heavy atom. The van der Waals surface area contributed by atoms with E-state index >= 15 is 0 Å². The van der Waals surface area contributed by atoms with Crippen LogP contribution in [-0.4, -0.2) is 37.4 Å². The zero-order valence-corrected chi connectivity index (χ0v) is 15.8. The van der Waals surface area contributed by atoms with Crippen LogP contribution in [0.2, 0.25) is 0 Å². The average molecular weight is 393 g/mol. The maximum absolute atomic E-state index is 12.2. The number of carbonyl (C=O) groups is 2. The zero-order valence-electron chi connectivity index (χ0n) is 15.8. The van der Waals surface area contributed by atoms with Crippen LogP contribution in [0.1, 0.15) is 5.56 Å². The number of phenolic OH excluding ortho intramolecular Hbond substituents is 1. The van der Waals surface area contributed by atoms with E-state index in [1.807, 2.05) is 24.3 Å². The van der Waals surface area contributed by atoms with Gasteiger partial charge in [0.05, 0.1) is 26.1 Å². The summed E-state index contributed by atoms with van der Waals surface area (Å²) in [6, 6.07) is 15.5. The van der Waals surface area contributed by atoms with Crippen LogP contribution < -0.4 is 20.2 Å². The summed E-state index contributed by atoms with van der Waals surface area (Å²) in [4.78, 5) is 24.2. The van der Waals surface area contributed by atoms with E-state index in [0.29, 0.717) is 17.1 Å². The average Bonchev–Trinajstić information content (AvgIpc) is 2.75. The van der Waals surface area contributed by atoms with Crippen molar-refractivity contribution in [3.05, 3.63) is 60.2 Å². The number of aromatic hydroxyl groups is 1. The van der Waals surface area contributed by atoms with Crippen LogP contribution in [0.25, 0.3) is 10.8 Å². The van der Waals surface area contributed by atoms with Gasteiger partial charge in [-0.05, 0) is 29.0 Å². The van der Waals surface area contributed by atoms with E-state index in [1.165, 1.54) is 32.6 Å². The van der Waals surface area contributed by atoms with Crippen molar-refractivity contribution in [3.8, 4) is 17.2 Å². The Bertz CT molecular complexity index is 1090. The lowest BCUT2D eigenvalue weighted by Crippen LogP contribution is -2.32. The molecule has 148 valence electrons. The van der Waals surface area contributed by atoms with Crippen LogP contribution in [0.5, 0.6) is 17.2 Å². The van der Waals surface area contributed by atoms with Crippen molar-refractivity contribution in [1.82, 2.24) is 5.43 Å². The fourth-order valence-corrected chi connectivity index (χ4v) is 2.72. The van der Waals surface area contributed by atoms with Gasteiger partial charge in [0.25, 0.3) is 0 Å². The third-order valence-electron chi connectivity index (χ3n) is 4.17. The number of benzene rings is 3. The van der Waals surface area contributed by atoms with Crippen molar-refractivity contribution in [3.63, 3.8) is 0 Å². The molecule has 0 saturated carbocycles. The van der Waals surface area contributed by atoms with E-state index in [-0.39, 0.29) is 11.4 Å². The molecule has 0 aliphatic carbocycles. The molecule has 0 radical (unpaired) electrons. The Morgan fingerprint density at radius 2 is 1.79 bits per heavy atom. The topological polar surface area (TPSA) is 109 Å². The van der Waals surface area contributed by atoms with Crippen molar-refractivity contribution in [2.45, 2.75) is 0 Å². The smallest absolute Gasteiger partial charge is 0.329 e. The number of methoxy groups -OCH3 is 2. The number of anilines is 1. The van der Waals surface area contributed by atoms with Gasteiger partial charge in [-0.15, -0.1) is 0 Å². The van der Waals surface area contributed by atoms with Gasteiger partial charge in [-0.2, -0.15) is 5.10 Å². The lowest BCUT2D eigenvalue weighted by Gasteiger charge is -2.11. The second-order valence-electron chi connectivity index (χ2n) is 5.94. The van der Waals surface area contributed by atoms with E-state index in [2.05, 4.69) is 15.8 Å². The maximum Gasteiger partial charge on any atom is 0.329 e. The monoisotopic (exact) mass is 393 g/mol. The molecule has 0 saturated heterocycles. The number of hydrogen-bond donors (Lipinski definition) is 3. The van der Waals surface area contributed by atoms with Gasteiger partial charge in [0, 0.05) is 11.6 Å². The highest BCUT2D eigenvalue weighted by atomic mass is 16.5. The lowest BCUT2D eigenvalue weighted by molar-refractivity contribution is -0.136. The number of nitrogens with one attached hydrogen (secondary N) is 2. The van der Waals surface area contributed by atoms with Gasteiger partial charge in [-0.3, -0.25) is 9.59 Å². The van der Waals surface area contributed by atoms with Gasteiger partial charge in [0.1, 0.15) is 17.2 Å². The molecule has 0 aliphatic rings. The minimum absolute atomic E-state index is 0.00673. The molecule has 0 aromatic heterocycles. The Morgan fingerprint density at radius 1 is 1.00 bits per heavy atom. The Balaban J connectivity index is 1.72. The van der Waals surface area contributed by atoms with Crippen LogP contribution in [0, 0.1) is 0 Å². The molecular formula is C21H19N3O5. The third-order valence-corrected chi connectivity index (χ3v) is 4.17. The highest BCUT2D eigenvalue weighted by Gasteiger charge is 2.16. The van der Waals surface area contributed by atoms with Crippen molar-refractivity contribution in [1.29, 1.82) is 0 Å². The summed E-state index contributed by atoms with van der Waals surface area (Å²) in [7, 11) is 2.93. The predicted octanol–water partition coefficient (Wildman–Crippen LogP) is 2.65. The summed E-state index contributed by atoms with van der Waals surface area (Å²) in [5.74, 6) is -1.05. The Hall–Kier alpha value is -4.07. The van der Waals surface area contributed by atoms with Crippen molar-refractivity contribution in [2.75, 3.05) is 19.5 Å². The molecule has 0 atom stereocenters. The van der Waals surface area contributed by atoms with Gasteiger partial charge in [-0.1, -0.05) is 30.3 Å². The zero-order chi connectivity index (χ0) is 20.8. The SMILES string of the molecule is COc1ccc(OC)c(NC(=O)C(=O)N/N=C\c2c(O)ccc3ccccc23)c1. The highest BCUT2D eigenvalue weighted by Crippen LogP contribution is 2.29. The number of rotatable bonds is 5. The van der Waals surface area contributed by atoms with Crippen molar-refractivity contribution >= 4 is 34.5 Å². The molecule has 2 amide bonds. The van der Waals surface area contributed by atoms with Gasteiger partial charge in [-0.25, -0.2) is 5.43 Å². The van der Waals surface area contributed by atoms with Crippen LogP contribution in [0.15, 0.2) is 59.7 Å². The molecule has 3 aromatic carbocycles. The van der Waals surface area contributed by atoms with E-state index in [9.17, 15) is 14.7 Å². The summed E-state index contributed by atoms with van der Waals surface area (Å²) in [5, 5.41) is 18.0. The minimum Gasteiger partial charge on any atom is -0.507 e. The number of nitrogens with zero attached hydrogens (tertiary/aromatic N) is 1. The molecule has 8 heteroatoms. The Labute approximate surface area is 166 Å². The maximum atomic E-state index is 12.2. The summed E-state index contributed by atoms with van der Waals surface area (Å²) in [6.07, 6.45) is 1.29. The van der Waals surface area contributed by atoms with E-state index in [0.717, 1.165) is 10.8 Å². The summed E-state index contributed by atoms with van der Waals surface area (Å²) in [5.41, 5.74) is 2.85. The molecule has 3 N–H and O–H groups in total. The van der Waals surface area contributed by atoms with E-state index in [1.54, 1.807) is 18.2 Å². The Kier molecular flexibility index (Phi) is 5.94. The summed E-state index contributed by atoms with van der Waals surface area (Å²) < 4.78 is 10.3. The molecule has 0 bridgehead atoms. The molecule has 0 heterocycles. The van der Waals surface area contributed by atoms with Gasteiger partial charge in [0.2, 0.25) is 0 Å². The van der Waals surface area contributed by atoms with Crippen molar-refractivity contribution in [2.24, 2.45) is 5.10 Å². The molecular weight excluding hydrogens is 374 g/mol. The quantitative estimate of drug-likeness (QED) is 0.351. The summed E-state index contributed by atoms with van der Waals surface area (Å²) >= 11 is 0. The normalized spacial score (nSPS) is 10.7. The number of hydrogen-bond acceptors (Lipinski definition) is 6. The first-order chi connectivity index (χ1) is 14.0. The van der Waals surface area contributed by atoms with Crippen LogP contribution >= 0.6 is 0 Å². The van der Waals surface area contributed by atoms with Gasteiger partial charge in [0.15, 0.2) is 0 Å². The van der Waals surface area contributed by atoms with Gasteiger partial charge >= 0.3 is 11.8 Å². The molecule has 3 aromatic rings. The number of amides is 2. The number of hydrazone groups is 1. The number of phenols is 1. The van der Waals surface area contributed by atoms with Crippen molar-refractivity contribution < 1.29 is 24.2 Å². The molecule has 3 rings (SSSR count). The molecule has 29 heavy (non-hydrogen) atoms. The first-order valence-electron chi connectivity index (χ1n) is 8.60. The second-order valence-corrected chi connectivity index (χ2v) is 5.94. The van der Waals surface area contributed by atoms with Crippen LogP contribution in [0.4, 0.5) is 5.69 Å². The first kappa shape index (κ1) is 19.7. The van der Waals surface area contributed by atoms with Gasteiger partial charge < -0.3 is 19.9 Å². The van der Waals surface area contributed by atoms with E-state index in [4.69, 9.17) is 9.47 Å². The number of carbonyl (C=O) groups excluding carboxylic acids is 2. The fourth-order valence-electron chi connectivity index (χ4n) is 2.72. The molecule has 8 nitrogen and oxygen atoms in total. The van der Waals surface area contributed by atoms with E-state index < -0.39 is 11.8 Å². The largest absolute Gasteiger partial charge is 0.507 e. The predicted molar refractivity (Wildman–Crippen MR) is 110 cm³/mol. The molecule has 0 fully saturated rings. The van der Waals surface area contributed by atoms with Crippen LogP contribution in [-0.2, 0) is 9.59 Å². The summed E-state index contributed by atoms with van der Waals surface area (Å²) in [6.45, 7) is 0. The van der Waals surface area contributed by atoms with Crippen LogP contribution in [0.3, 0.4) is 0 Å². The minimum atomic E-state index is -0.981. The number of fused-ring (bicyclic) bond motifs is 1. The standard InChI is InChI=1S/C21H19N3O5/c1-28-14-8-10-19(29-2)17(11-14)23-20(26)21(27)24-22-12-16-15-6-4-3-5-13(15)7-9-18(16)25/h3-12,25H,1-2H3,(H,23,26)(H,24,27)/b22-12-. The highest BCUT2D eigenvalue weighted by molar-refractivity contribution is 6.39. The molecule has 0 aliphatic heterocycles. The fraction of sp³-hybridized carbons (Fsp3) is 0.0952. The lowest BCUT2D eigenvalue weighted by atomic mass is 10.0. The molecule has 0 unspecified atom stereocenters. The molecule has 0 spiro atoms. The first-order valence-corrected chi connectivity index (χ1v) is 8.60. The third kappa shape index (κ3) is 4.44.